The molecule has 1 aromatic heterocycles. The van der Waals surface area contributed by atoms with E-state index >= 15 is 0 Å². The molecule has 0 aliphatic carbocycles. The van der Waals surface area contributed by atoms with Crippen LogP contribution in [0.25, 0.3) is 0 Å². The normalized spacial score (nSPS) is 12.7. The van der Waals surface area contributed by atoms with Crippen LogP contribution >= 0.6 is 15.9 Å². The van der Waals surface area contributed by atoms with Crippen molar-refractivity contribution in [2.75, 3.05) is 0 Å². The summed E-state index contributed by atoms with van der Waals surface area (Å²) >= 11 is 3.37. The smallest absolute Gasteiger partial charge is 0.147 e. The van der Waals surface area contributed by atoms with Crippen molar-refractivity contribution in [3.8, 4) is 0 Å². The number of rotatable bonds is 3. The molecule has 0 bridgehead atoms. The van der Waals surface area contributed by atoms with Gasteiger partial charge in [-0.2, -0.15) is 5.10 Å². The van der Waals surface area contributed by atoms with Gasteiger partial charge in [0.15, 0.2) is 0 Å². The van der Waals surface area contributed by atoms with E-state index in [4.69, 9.17) is 0 Å². The zero-order chi connectivity index (χ0) is 12.4. The van der Waals surface area contributed by atoms with E-state index in [0.29, 0.717) is 6.54 Å². The Balaban J connectivity index is 2.13. The van der Waals surface area contributed by atoms with Crippen LogP contribution in [0.5, 0.6) is 0 Å². The molecule has 0 aliphatic rings. The summed E-state index contributed by atoms with van der Waals surface area (Å²) in [7, 11) is 0. The highest BCUT2D eigenvalue weighted by atomic mass is 79.9. The van der Waals surface area contributed by atoms with Crippen LogP contribution in [0.3, 0.4) is 0 Å². The number of benzene rings is 1. The Hall–Kier alpha value is -1.20. The third-order valence-corrected chi connectivity index (χ3v) is 3.09. The molecule has 0 amide bonds. The van der Waals surface area contributed by atoms with Gasteiger partial charge in [-0.15, -0.1) is 0 Å². The van der Waals surface area contributed by atoms with Crippen LogP contribution in [0.1, 0.15) is 23.3 Å². The summed E-state index contributed by atoms with van der Waals surface area (Å²) in [6.45, 7) is 4.15. The zero-order valence-electron chi connectivity index (χ0n) is 9.76. The molecule has 2 aromatic rings. The predicted molar refractivity (Wildman–Crippen MR) is 68.6 cm³/mol. The number of aliphatic hydroxyl groups excluding tert-OH is 1. The Morgan fingerprint density at radius 1 is 1.29 bits per heavy atom. The second-order valence-corrected chi connectivity index (χ2v) is 4.87. The van der Waals surface area contributed by atoms with Gasteiger partial charge in [-0.05, 0) is 31.5 Å². The van der Waals surface area contributed by atoms with Gasteiger partial charge in [0.2, 0.25) is 0 Å². The van der Waals surface area contributed by atoms with E-state index < -0.39 is 6.10 Å². The minimum absolute atomic E-state index is 0.425. The van der Waals surface area contributed by atoms with Gasteiger partial charge in [-0.3, -0.25) is 0 Å². The SMILES string of the molecule is Cc1nc(C)n(CC(O)c2ccc(Br)cc2)n1. The maximum absolute atomic E-state index is 10.1. The van der Waals surface area contributed by atoms with E-state index in [-0.39, 0.29) is 0 Å². The van der Waals surface area contributed by atoms with Crippen molar-refractivity contribution in [3.63, 3.8) is 0 Å². The minimum atomic E-state index is -0.567. The van der Waals surface area contributed by atoms with E-state index in [1.807, 2.05) is 38.1 Å². The van der Waals surface area contributed by atoms with Gasteiger partial charge < -0.3 is 5.11 Å². The van der Waals surface area contributed by atoms with Gasteiger partial charge in [0.05, 0.1) is 12.6 Å². The summed E-state index contributed by atoms with van der Waals surface area (Å²) in [6.07, 6.45) is -0.567. The van der Waals surface area contributed by atoms with Gasteiger partial charge in [0, 0.05) is 4.47 Å². The summed E-state index contributed by atoms with van der Waals surface area (Å²) in [6, 6.07) is 7.62. The first-order valence-corrected chi connectivity index (χ1v) is 6.17. The molecule has 1 heterocycles. The van der Waals surface area contributed by atoms with Crippen LogP contribution in [-0.2, 0) is 6.54 Å². The number of hydrogen-bond acceptors (Lipinski definition) is 3. The first-order valence-electron chi connectivity index (χ1n) is 5.38. The molecular weight excluding hydrogens is 282 g/mol. The summed E-state index contributed by atoms with van der Waals surface area (Å²) in [5, 5.41) is 14.3. The summed E-state index contributed by atoms with van der Waals surface area (Å²) in [4.78, 5) is 4.21. The lowest BCUT2D eigenvalue weighted by Gasteiger charge is -2.11. The van der Waals surface area contributed by atoms with Gasteiger partial charge in [0.1, 0.15) is 11.6 Å². The minimum Gasteiger partial charge on any atom is -0.386 e. The highest BCUT2D eigenvalue weighted by molar-refractivity contribution is 9.10. The van der Waals surface area contributed by atoms with E-state index in [1.165, 1.54) is 0 Å². The van der Waals surface area contributed by atoms with Crippen LogP contribution in [0.4, 0.5) is 0 Å². The summed E-state index contributed by atoms with van der Waals surface area (Å²) in [5.41, 5.74) is 0.876. The van der Waals surface area contributed by atoms with Gasteiger partial charge in [0.25, 0.3) is 0 Å². The second kappa shape index (κ2) is 4.98. The standard InChI is InChI=1S/C12H14BrN3O/c1-8-14-9(2)16(15-8)7-12(17)10-3-5-11(13)6-4-10/h3-6,12,17H,7H2,1-2H3. The molecule has 0 fully saturated rings. The molecule has 2 rings (SSSR count). The van der Waals surface area contributed by atoms with Crippen LogP contribution in [0.15, 0.2) is 28.7 Å². The van der Waals surface area contributed by atoms with Gasteiger partial charge >= 0.3 is 0 Å². The zero-order valence-corrected chi connectivity index (χ0v) is 11.3. The molecule has 1 aromatic carbocycles. The Kier molecular flexibility index (Phi) is 3.59. The largest absolute Gasteiger partial charge is 0.386 e. The second-order valence-electron chi connectivity index (χ2n) is 3.96. The van der Waals surface area contributed by atoms with Crippen LogP contribution in [0, 0.1) is 13.8 Å². The van der Waals surface area contributed by atoms with Gasteiger partial charge in [-0.1, -0.05) is 28.1 Å². The van der Waals surface area contributed by atoms with Crippen molar-refractivity contribution >= 4 is 15.9 Å². The van der Waals surface area contributed by atoms with Crippen molar-refractivity contribution in [2.45, 2.75) is 26.5 Å². The third-order valence-electron chi connectivity index (χ3n) is 2.56. The molecule has 0 radical (unpaired) electrons. The Labute approximate surface area is 108 Å². The monoisotopic (exact) mass is 295 g/mol. The van der Waals surface area contributed by atoms with Crippen molar-refractivity contribution in [2.24, 2.45) is 0 Å². The fourth-order valence-electron chi connectivity index (χ4n) is 1.69. The molecule has 5 heteroatoms. The molecule has 4 nitrogen and oxygen atoms in total. The molecule has 17 heavy (non-hydrogen) atoms. The Bertz CT molecular complexity index is 507. The number of aryl methyl sites for hydroxylation is 2. The van der Waals surface area contributed by atoms with Crippen LogP contribution in [0.2, 0.25) is 0 Å². The molecule has 0 aliphatic heterocycles. The maximum atomic E-state index is 10.1. The molecule has 0 saturated heterocycles. The Morgan fingerprint density at radius 2 is 1.94 bits per heavy atom. The molecule has 90 valence electrons. The van der Waals surface area contributed by atoms with E-state index in [0.717, 1.165) is 21.7 Å². The lowest BCUT2D eigenvalue weighted by atomic mass is 10.1. The first kappa shape index (κ1) is 12.3. The van der Waals surface area contributed by atoms with Gasteiger partial charge in [-0.25, -0.2) is 9.67 Å². The third kappa shape index (κ3) is 2.92. The Morgan fingerprint density at radius 3 is 2.47 bits per heavy atom. The maximum Gasteiger partial charge on any atom is 0.147 e. The quantitative estimate of drug-likeness (QED) is 0.946. The average molecular weight is 296 g/mol. The molecule has 1 N–H and O–H groups in total. The molecule has 1 unspecified atom stereocenters. The summed E-state index contributed by atoms with van der Waals surface area (Å²) < 4.78 is 2.73. The number of aromatic nitrogens is 3. The number of halogens is 1. The number of nitrogens with zero attached hydrogens (tertiary/aromatic N) is 3. The fourth-order valence-corrected chi connectivity index (χ4v) is 1.95. The lowest BCUT2D eigenvalue weighted by Crippen LogP contribution is -2.11. The van der Waals surface area contributed by atoms with E-state index in [9.17, 15) is 5.11 Å². The van der Waals surface area contributed by atoms with Crippen molar-refractivity contribution in [1.29, 1.82) is 0 Å². The first-order chi connectivity index (χ1) is 8.06. The predicted octanol–water partition coefficient (Wildman–Crippen LogP) is 2.39. The highest BCUT2D eigenvalue weighted by Gasteiger charge is 2.11. The number of aliphatic hydroxyl groups is 1. The molecule has 0 spiro atoms. The van der Waals surface area contributed by atoms with Crippen molar-refractivity contribution in [1.82, 2.24) is 14.8 Å². The lowest BCUT2D eigenvalue weighted by molar-refractivity contribution is 0.150. The molecule has 0 saturated carbocycles. The number of hydrogen-bond donors (Lipinski definition) is 1. The van der Waals surface area contributed by atoms with E-state index in [1.54, 1.807) is 4.68 Å². The highest BCUT2D eigenvalue weighted by Crippen LogP contribution is 2.18. The van der Waals surface area contributed by atoms with Crippen molar-refractivity contribution in [3.05, 3.63) is 46.0 Å². The summed E-state index contributed by atoms with van der Waals surface area (Å²) in [5.74, 6) is 1.55. The van der Waals surface area contributed by atoms with Crippen LogP contribution < -0.4 is 0 Å². The molecular formula is C12H14BrN3O. The van der Waals surface area contributed by atoms with E-state index in [2.05, 4.69) is 26.0 Å². The molecule has 1 atom stereocenters. The van der Waals surface area contributed by atoms with Crippen LogP contribution in [-0.4, -0.2) is 19.9 Å². The average Bonchev–Trinajstić information content (AvgIpc) is 2.58. The fraction of sp³-hybridized carbons (Fsp3) is 0.333. The topological polar surface area (TPSA) is 50.9 Å². The van der Waals surface area contributed by atoms with Crippen molar-refractivity contribution < 1.29 is 5.11 Å².